The Morgan fingerprint density at radius 2 is 1.89 bits per heavy atom. The number of aliphatic imine (C=N–C) groups is 3. The molecule has 0 spiro atoms. The van der Waals surface area contributed by atoms with Crippen LogP contribution in [0.3, 0.4) is 0 Å². The SMILES string of the molecule is CCN=CC(C(=N)N1CCOCC1)=C(N)OC(N)=NC1CNc2ccccc2C(c2ccccc2)=N1. The van der Waals surface area contributed by atoms with Gasteiger partial charge in [0.25, 0.3) is 6.02 Å². The zero-order chi connectivity index (χ0) is 25.3. The van der Waals surface area contributed by atoms with Crippen LogP contribution in [0.2, 0.25) is 0 Å². The summed E-state index contributed by atoms with van der Waals surface area (Å²) in [5.41, 5.74) is 16.5. The Hall–Kier alpha value is -4.18. The maximum Gasteiger partial charge on any atom is 0.291 e. The summed E-state index contributed by atoms with van der Waals surface area (Å²) in [4.78, 5) is 15.5. The van der Waals surface area contributed by atoms with E-state index >= 15 is 0 Å². The first-order valence-electron chi connectivity index (χ1n) is 12.0. The lowest BCUT2D eigenvalue weighted by Gasteiger charge is -2.29. The maximum atomic E-state index is 8.62. The van der Waals surface area contributed by atoms with Gasteiger partial charge < -0.3 is 31.2 Å². The molecule has 2 heterocycles. The number of nitrogens with two attached hydrogens (primary N) is 2. The van der Waals surface area contributed by atoms with Gasteiger partial charge in [-0.05, 0) is 13.0 Å². The first-order valence-corrected chi connectivity index (χ1v) is 12.0. The molecule has 10 nitrogen and oxygen atoms in total. The van der Waals surface area contributed by atoms with Gasteiger partial charge >= 0.3 is 0 Å². The van der Waals surface area contributed by atoms with Gasteiger partial charge in [0.15, 0.2) is 6.17 Å². The lowest BCUT2D eigenvalue weighted by molar-refractivity contribution is 0.0679. The number of morpholine rings is 1. The van der Waals surface area contributed by atoms with Crippen LogP contribution in [0.1, 0.15) is 18.1 Å². The van der Waals surface area contributed by atoms with Crippen LogP contribution in [0.4, 0.5) is 5.69 Å². The summed E-state index contributed by atoms with van der Waals surface area (Å²) in [7, 11) is 0. The first kappa shape index (κ1) is 24.9. The topological polar surface area (TPSA) is 147 Å². The number of para-hydroxylation sites is 1. The van der Waals surface area contributed by atoms with Crippen LogP contribution in [0.25, 0.3) is 0 Å². The van der Waals surface area contributed by atoms with Gasteiger partial charge in [-0.1, -0.05) is 48.5 Å². The fourth-order valence-corrected chi connectivity index (χ4v) is 3.93. The number of amidine groups is 2. The van der Waals surface area contributed by atoms with Crippen molar-refractivity contribution in [2.45, 2.75) is 13.1 Å². The van der Waals surface area contributed by atoms with E-state index in [1.54, 1.807) is 0 Å². The van der Waals surface area contributed by atoms with Gasteiger partial charge in [0, 0.05) is 42.7 Å². The minimum absolute atomic E-state index is 0.0397. The molecule has 0 radical (unpaired) electrons. The van der Waals surface area contributed by atoms with Gasteiger partial charge in [-0.3, -0.25) is 15.4 Å². The highest BCUT2D eigenvalue weighted by Gasteiger charge is 2.22. The highest BCUT2D eigenvalue weighted by molar-refractivity contribution is 6.16. The van der Waals surface area contributed by atoms with E-state index < -0.39 is 6.17 Å². The van der Waals surface area contributed by atoms with Gasteiger partial charge in [0.05, 0.1) is 31.0 Å². The number of anilines is 1. The molecular weight excluding hydrogens is 456 g/mol. The zero-order valence-corrected chi connectivity index (χ0v) is 20.4. The van der Waals surface area contributed by atoms with Crippen molar-refractivity contribution >= 4 is 29.5 Å². The Balaban J connectivity index is 1.60. The second kappa shape index (κ2) is 12.0. The number of nitrogens with one attached hydrogen (secondary N) is 2. The summed E-state index contributed by atoms with van der Waals surface area (Å²) >= 11 is 0. The minimum Gasteiger partial charge on any atom is -0.409 e. The lowest BCUT2D eigenvalue weighted by Crippen LogP contribution is -2.42. The Morgan fingerprint density at radius 3 is 2.64 bits per heavy atom. The largest absolute Gasteiger partial charge is 0.409 e. The number of hydrogen-bond acceptors (Lipinski definition) is 8. The van der Waals surface area contributed by atoms with Crippen molar-refractivity contribution < 1.29 is 9.47 Å². The van der Waals surface area contributed by atoms with E-state index in [9.17, 15) is 0 Å². The monoisotopic (exact) mass is 488 g/mol. The van der Waals surface area contributed by atoms with E-state index in [0.717, 1.165) is 22.5 Å². The molecule has 4 rings (SSSR count). The van der Waals surface area contributed by atoms with Crippen molar-refractivity contribution in [2.24, 2.45) is 26.4 Å². The number of benzodiazepines with no additional fused rings is 1. The van der Waals surface area contributed by atoms with Crippen molar-refractivity contribution in [3.63, 3.8) is 0 Å². The standard InChI is InChI=1S/C26H32N8O2/c1-2-30-16-20(24(27)34-12-14-35-15-13-34)25(28)36-26(29)33-22-17-31-21-11-7-6-10-19(21)23(32-22)18-8-4-3-5-9-18/h3-11,16,22,27,31H,2,12-15,17,28H2,1H3,(H2,29,33). The third kappa shape index (κ3) is 6.08. The number of nitrogens with zero attached hydrogens (tertiary/aromatic N) is 4. The number of benzene rings is 2. The van der Waals surface area contributed by atoms with E-state index in [0.29, 0.717) is 45.0 Å². The molecule has 2 aromatic carbocycles. The van der Waals surface area contributed by atoms with Crippen LogP contribution in [0.15, 0.2) is 81.0 Å². The van der Waals surface area contributed by atoms with Gasteiger partial charge in [-0.2, -0.15) is 0 Å². The molecule has 0 amide bonds. The summed E-state index contributed by atoms with van der Waals surface area (Å²) < 4.78 is 11.1. The van der Waals surface area contributed by atoms with Crippen molar-refractivity contribution in [1.82, 2.24) is 4.90 Å². The molecule has 0 bridgehead atoms. The quantitative estimate of drug-likeness (QED) is 0.278. The molecule has 1 atom stereocenters. The van der Waals surface area contributed by atoms with Gasteiger partial charge in [-0.25, -0.2) is 4.99 Å². The first-order chi connectivity index (χ1) is 17.6. The highest BCUT2D eigenvalue weighted by atomic mass is 16.5. The van der Waals surface area contributed by atoms with Gasteiger partial charge in [-0.15, -0.1) is 0 Å². The summed E-state index contributed by atoms with van der Waals surface area (Å²) in [5, 5.41) is 12.0. The van der Waals surface area contributed by atoms with E-state index in [4.69, 9.17) is 31.3 Å². The molecule has 0 saturated carbocycles. The Morgan fingerprint density at radius 1 is 1.17 bits per heavy atom. The summed E-state index contributed by atoms with van der Waals surface area (Å²) in [6, 6.07) is 17.8. The maximum absolute atomic E-state index is 8.62. The Bertz CT molecular complexity index is 1180. The fourth-order valence-electron chi connectivity index (χ4n) is 3.93. The van der Waals surface area contributed by atoms with Crippen LogP contribution in [-0.2, 0) is 9.47 Å². The Labute approximate surface area is 210 Å². The summed E-state index contributed by atoms with van der Waals surface area (Å²) in [5.74, 6) is 0.166. The minimum atomic E-state index is -0.549. The van der Waals surface area contributed by atoms with Crippen molar-refractivity contribution in [2.75, 3.05) is 44.7 Å². The molecule has 10 heteroatoms. The Kier molecular flexibility index (Phi) is 8.30. The number of fused-ring (bicyclic) bond motifs is 1. The second-order valence-corrected chi connectivity index (χ2v) is 8.17. The molecular formula is C26H32N8O2. The van der Waals surface area contributed by atoms with Crippen LogP contribution < -0.4 is 16.8 Å². The average molecular weight is 489 g/mol. The molecule has 0 aliphatic carbocycles. The summed E-state index contributed by atoms with van der Waals surface area (Å²) in [6.07, 6.45) is 0.988. The predicted octanol–water partition coefficient (Wildman–Crippen LogP) is 2.18. The third-order valence-corrected chi connectivity index (χ3v) is 5.72. The highest BCUT2D eigenvalue weighted by Crippen LogP contribution is 2.24. The lowest BCUT2D eigenvalue weighted by atomic mass is 10.0. The molecule has 0 aromatic heterocycles. The third-order valence-electron chi connectivity index (χ3n) is 5.72. The molecule has 2 aliphatic heterocycles. The molecule has 188 valence electrons. The van der Waals surface area contributed by atoms with E-state index in [1.807, 2.05) is 66.4 Å². The van der Waals surface area contributed by atoms with Crippen LogP contribution >= 0.6 is 0 Å². The molecule has 2 aliphatic rings. The van der Waals surface area contributed by atoms with Crippen molar-refractivity contribution in [3.8, 4) is 0 Å². The average Bonchev–Trinajstić information content (AvgIpc) is 3.09. The van der Waals surface area contributed by atoms with Gasteiger partial charge in [0.2, 0.25) is 5.88 Å². The van der Waals surface area contributed by atoms with Crippen LogP contribution in [0.5, 0.6) is 0 Å². The van der Waals surface area contributed by atoms with E-state index in [-0.39, 0.29) is 17.7 Å². The molecule has 1 fully saturated rings. The fraction of sp³-hybridized carbons (Fsp3) is 0.308. The molecule has 1 unspecified atom stereocenters. The molecule has 36 heavy (non-hydrogen) atoms. The second-order valence-electron chi connectivity index (χ2n) is 8.17. The van der Waals surface area contributed by atoms with Crippen LogP contribution in [0, 0.1) is 5.41 Å². The molecule has 6 N–H and O–H groups in total. The number of hydrogen-bond donors (Lipinski definition) is 4. The van der Waals surface area contributed by atoms with E-state index in [1.165, 1.54) is 6.21 Å². The number of rotatable bonds is 6. The predicted molar refractivity (Wildman–Crippen MR) is 144 cm³/mol. The molecule has 1 saturated heterocycles. The number of ether oxygens (including phenoxy) is 2. The van der Waals surface area contributed by atoms with Gasteiger partial charge in [0.1, 0.15) is 5.84 Å². The smallest absolute Gasteiger partial charge is 0.291 e. The summed E-state index contributed by atoms with van der Waals surface area (Å²) in [6.45, 7) is 5.14. The normalized spacial score (nSPS) is 19.0. The van der Waals surface area contributed by atoms with Crippen LogP contribution in [-0.4, -0.2) is 74.2 Å². The zero-order valence-electron chi connectivity index (χ0n) is 20.4. The van der Waals surface area contributed by atoms with Crippen molar-refractivity contribution in [1.29, 1.82) is 5.41 Å². The molecule has 2 aromatic rings. The van der Waals surface area contributed by atoms with Crippen molar-refractivity contribution in [3.05, 3.63) is 77.2 Å². The van der Waals surface area contributed by atoms with E-state index in [2.05, 4.69) is 15.3 Å².